The van der Waals surface area contributed by atoms with Crippen LogP contribution in [-0.4, -0.2) is 36.0 Å². The number of esters is 1. The highest BCUT2D eigenvalue weighted by Gasteiger charge is 2.57. The minimum absolute atomic E-state index is 0.0362. The molecule has 3 aliphatic rings. The van der Waals surface area contributed by atoms with Crippen molar-refractivity contribution in [1.29, 1.82) is 0 Å². The summed E-state index contributed by atoms with van der Waals surface area (Å²) in [6, 6.07) is 9.06. The summed E-state index contributed by atoms with van der Waals surface area (Å²) in [6.07, 6.45) is 4.16. The zero-order valence-corrected chi connectivity index (χ0v) is 17.7. The lowest BCUT2D eigenvalue weighted by Gasteiger charge is -2.47. The molecule has 0 aromatic heterocycles. The van der Waals surface area contributed by atoms with E-state index in [0.29, 0.717) is 18.2 Å². The van der Waals surface area contributed by atoms with E-state index in [2.05, 4.69) is 49.9 Å². The Morgan fingerprint density at radius 1 is 1.11 bits per heavy atom. The summed E-state index contributed by atoms with van der Waals surface area (Å²) >= 11 is 0. The number of likely N-dealkylation sites (tertiary alicyclic amines) is 1. The van der Waals surface area contributed by atoms with Crippen LogP contribution in [0.5, 0.6) is 0 Å². The highest BCUT2D eigenvalue weighted by Crippen LogP contribution is 2.55. The third kappa shape index (κ3) is 3.46. The van der Waals surface area contributed by atoms with Gasteiger partial charge in [0.15, 0.2) is 0 Å². The highest BCUT2D eigenvalue weighted by atomic mass is 16.6. The fourth-order valence-electron chi connectivity index (χ4n) is 5.31. The minimum Gasteiger partial charge on any atom is -0.462 e. The SMILES string of the molecule is CC1OC(=O)CC12CC(C(=O)N1CCC(c3ccc(C(C)(C)C)cc3)CC1)C2. The van der Waals surface area contributed by atoms with Gasteiger partial charge in [-0.1, -0.05) is 45.0 Å². The average molecular weight is 384 g/mol. The molecule has 2 saturated heterocycles. The van der Waals surface area contributed by atoms with Crippen molar-refractivity contribution < 1.29 is 14.3 Å². The number of carbonyl (C=O) groups excluding carboxylic acids is 2. The van der Waals surface area contributed by atoms with Crippen molar-refractivity contribution in [3.05, 3.63) is 35.4 Å². The summed E-state index contributed by atoms with van der Waals surface area (Å²) in [5.74, 6) is 0.821. The maximum absolute atomic E-state index is 12.9. The van der Waals surface area contributed by atoms with Crippen LogP contribution in [-0.2, 0) is 19.7 Å². The Balaban J connectivity index is 1.30. The van der Waals surface area contributed by atoms with Gasteiger partial charge in [-0.2, -0.15) is 0 Å². The second-order valence-corrected chi connectivity index (χ2v) is 10.2. The van der Waals surface area contributed by atoms with Crippen molar-refractivity contribution >= 4 is 11.9 Å². The van der Waals surface area contributed by atoms with Gasteiger partial charge in [-0.3, -0.25) is 9.59 Å². The van der Waals surface area contributed by atoms with E-state index in [-0.39, 0.29) is 28.8 Å². The van der Waals surface area contributed by atoms with E-state index < -0.39 is 0 Å². The molecule has 0 N–H and O–H groups in total. The number of amides is 1. The van der Waals surface area contributed by atoms with E-state index in [1.54, 1.807) is 0 Å². The molecule has 152 valence electrons. The Hall–Kier alpha value is -1.84. The van der Waals surface area contributed by atoms with E-state index in [0.717, 1.165) is 38.8 Å². The summed E-state index contributed by atoms with van der Waals surface area (Å²) in [6.45, 7) is 10.4. The molecule has 1 spiro atoms. The lowest BCUT2D eigenvalue weighted by atomic mass is 9.58. The number of rotatable bonds is 2. The fourth-order valence-corrected chi connectivity index (χ4v) is 5.31. The molecular formula is C24H33NO3. The molecule has 4 heteroatoms. The van der Waals surface area contributed by atoms with Gasteiger partial charge in [0.1, 0.15) is 6.10 Å². The maximum atomic E-state index is 12.9. The summed E-state index contributed by atoms with van der Waals surface area (Å²) in [7, 11) is 0. The number of piperidine rings is 1. The maximum Gasteiger partial charge on any atom is 0.306 e. The van der Waals surface area contributed by atoms with Crippen LogP contribution in [0.25, 0.3) is 0 Å². The topological polar surface area (TPSA) is 46.6 Å². The van der Waals surface area contributed by atoms with Gasteiger partial charge >= 0.3 is 5.97 Å². The number of carbonyl (C=O) groups is 2. The van der Waals surface area contributed by atoms with Crippen LogP contribution in [0.2, 0.25) is 0 Å². The van der Waals surface area contributed by atoms with Gasteiger partial charge < -0.3 is 9.64 Å². The molecule has 4 rings (SSSR count). The normalized spacial score (nSPS) is 31.0. The van der Waals surface area contributed by atoms with Crippen molar-refractivity contribution in [3.8, 4) is 0 Å². The van der Waals surface area contributed by atoms with E-state index >= 15 is 0 Å². The molecule has 2 heterocycles. The second-order valence-electron chi connectivity index (χ2n) is 10.2. The standard InChI is InChI=1S/C24H33NO3/c1-16-24(15-21(26)28-16)13-19(14-24)22(27)25-11-9-18(10-12-25)17-5-7-20(8-6-17)23(2,3)4/h5-8,16,18-19H,9-15H2,1-4H3. The lowest BCUT2D eigenvalue weighted by Crippen LogP contribution is -2.51. The number of hydrogen-bond acceptors (Lipinski definition) is 3. The van der Waals surface area contributed by atoms with Gasteiger partial charge in [0.2, 0.25) is 5.91 Å². The molecule has 1 atom stereocenters. The number of nitrogens with zero attached hydrogens (tertiary/aromatic N) is 1. The number of cyclic esters (lactones) is 1. The molecule has 28 heavy (non-hydrogen) atoms. The Morgan fingerprint density at radius 2 is 1.71 bits per heavy atom. The molecule has 1 aliphatic carbocycles. The summed E-state index contributed by atoms with van der Waals surface area (Å²) in [4.78, 5) is 26.5. The molecule has 4 nitrogen and oxygen atoms in total. The third-order valence-electron chi connectivity index (χ3n) is 7.38. The molecule has 0 radical (unpaired) electrons. The first-order valence-corrected chi connectivity index (χ1v) is 10.8. The van der Waals surface area contributed by atoms with Crippen molar-refractivity contribution in [2.45, 2.75) is 77.2 Å². The molecule has 0 bridgehead atoms. The fraction of sp³-hybridized carbons (Fsp3) is 0.667. The molecule has 1 amide bonds. The van der Waals surface area contributed by atoms with Crippen LogP contribution in [0, 0.1) is 11.3 Å². The lowest BCUT2D eigenvalue weighted by molar-refractivity contribution is -0.147. The summed E-state index contributed by atoms with van der Waals surface area (Å²) in [5, 5.41) is 0. The Kier molecular flexibility index (Phi) is 4.79. The predicted molar refractivity (Wildman–Crippen MR) is 109 cm³/mol. The predicted octanol–water partition coefficient (Wildman–Crippen LogP) is 4.42. The van der Waals surface area contributed by atoms with E-state index in [1.807, 2.05) is 6.92 Å². The third-order valence-corrected chi connectivity index (χ3v) is 7.38. The van der Waals surface area contributed by atoms with Crippen LogP contribution in [0.4, 0.5) is 0 Å². The number of ether oxygens (including phenoxy) is 1. The Morgan fingerprint density at radius 3 is 2.21 bits per heavy atom. The van der Waals surface area contributed by atoms with Crippen LogP contribution < -0.4 is 0 Å². The molecule has 1 unspecified atom stereocenters. The minimum atomic E-state index is -0.100. The molecule has 2 aliphatic heterocycles. The summed E-state index contributed by atoms with van der Waals surface area (Å²) in [5.41, 5.74) is 2.88. The number of hydrogen-bond donors (Lipinski definition) is 0. The van der Waals surface area contributed by atoms with Gasteiger partial charge in [-0.15, -0.1) is 0 Å². The van der Waals surface area contributed by atoms with Crippen LogP contribution in [0.15, 0.2) is 24.3 Å². The first-order chi connectivity index (χ1) is 13.2. The second kappa shape index (κ2) is 6.89. The molecule has 1 saturated carbocycles. The molecule has 1 aromatic rings. The van der Waals surface area contributed by atoms with Crippen molar-refractivity contribution in [3.63, 3.8) is 0 Å². The van der Waals surface area contributed by atoms with Crippen molar-refractivity contribution in [1.82, 2.24) is 4.90 Å². The average Bonchev–Trinajstić information content (AvgIpc) is 2.93. The van der Waals surface area contributed by atoms with E-state index in [9.17, 15) is 9.59 Å². The van der Waals surface area contributed by atoms with Crippen molar-refractivity contribution in [2.24, 2.45) is 11.3 Å². The first kappa shape index (κ1) is 19.5. The van der Waals surface area contributed by atoms with Crippen LogP contribution in [0.1, 0.15) is 76.8 Å². The van der Waals surface area contributed by atoms with Gasteiger partial charge in [0.05, 0.1) is 6.42 Å². The van der Waals surface area contributed by atoms with E-state index in [4.69, 9.17) is 4.74 Å². The Labute approximate surface area is 168 Å². The first-order valence-electron chi connectivity index (χ1n) is 10.8. The van der Waals surface area contributed by atoms with Gasteiger partial charge in [-0.25, -0.2) is 0 Å². The number of benzene rings is 1. The van der Waals surface area contributed by atoms with Gasteiger partial charge in [-0.05, 0) is 55.1 Å². The van der Waals surface area contributed by atoms with Gasteiger partial charge in [0, 0.05) is 24.4 Å². The quantitative estimate of drug-likeness (QED) is 0.710. The van der Waals surface area contributed by atoms with Crippen LogP contribution >= 0.6 is 0 Å². The van der Waals surface area contributed by atoms with Gasteiger partial charge in [0.25, 0.3) is 0 Å². The van der Waals surface area contributed by atoms with E-state index in [1.165, 1.54) is 11.1 Å². The largest absolute Gasteiger partial charge is 0.462 e. The zero-order valence-electron chi connectivity index (χ0n) is 17.7. The van der Waals surface area contributed by atoms with Crippen LogP contribution in [0.3, 0.4) is 0 Å². The monoisotopic (exact) mass is 383 g/mol. The molecule has 3 fully saturated rings. The molecule has 1 aromatic carbocycles. The zero-order chi connectivity index (χ0) is 20.1. The molecular weight excluding hydrogens is 350 g/mol. The Bertz CT molecular complexity index is 747. The smallest absolute Gasteiger partial charge is 0.306 e. The van der Waals surface area contributed by atoms with Crippen molar-refractivity contribution in [2.75, 3.05) is 13.1 Å². The summed E-state index contributed by atoms with van der Waals surface area (Å²) < 4.78 is 5.32. The highest BCUT2D eigenvalue weighted by molar-refractivity contribution is 5.81.